The van der Waals surface area contributed by atoms with Crippen LogP contribution in [0.1, 0.15) is 5.56 Å². The highest BCUT2D eigenvalue weighted by Crippen LogP contribution is 2.16. The molecule has 0 radical (unpaired) electrons. The number of aromatic amines is 1. The molecule has 0 aliphatic heterocycles. The minimum Gasteiger partial charge on any atom is -0.496 e. The van der Waals surface area contributed by atoms with Crippen LogP contribution in [0.15, 0.2) is 36.5 Å². The Hall–Kier alpha value is -2.50. The molecule has 1 aromatic carbocycles. The highest BCUT2D eigenvalue weighted by molar-refractivity contribution is 5.90. The number of nitrogens with zero attached hydrogens (tertiary/aromatic N) is 1. The van der Waals surface area contributed by atoms with Crippen LogP contribution < -0.4 is 15.4 Å². The van der Waals surface area contributed by atoms with Crippen LogP contribution in [0.3, 0.4) is 0 Å². The fourth-order valence-corrected chi connectivity index (χ4v) is 1.53. The SMILES string of the molecule is COc1ccccc1CNC(=N)Nc1cc[nH]n1. The third-order valence-electron chi connectivity index (χ3n) is 2.40. The molecule has 1 aromatic heterocycles. The van der Waals surface area contributed by atoms with Crippen molar-refractivity contribution in [1.82, 2.24) is 15.5 Å². The first-order valence-corrected chi connectivity index (χ1v) is 5.50. The fraction of sp³-hybridized carbons (Fsp3) is 0.167. The van der Waals surface area contributed by atoms with Gasteiger partial charge in [0.05, 0.1) is 7.11 Å². The molecule has 0 saturated carbocycles. The number of benzene rings is 1. The van der Waals surface area contributed by atoms with Gasteiger partial charge in [-0.25, -0.2) is 0 Å². The van der Waals surface area contributed by atoms with E-state index in [1.165, 1.54) is 0 Å². The molecule has 0 spiro atoms. The summed E-state index contributed by atoms with van der Waals surface area (Å²) in [7, 11) is 1.63. The molecule has 0 aliphatic rings. The van der Waals surface area contributed by atoms with E-state index in [9.17, 15) is 0 Å². The Balaban J connectivity index is 1.89. The number of hydrogen-bond donors (Lipinski definition) is 4. The van der Waals surface area contributed by atoms with E-state index in [1.54, 1.807) is 19.4 Å². The third kappa shape index (κ3) is 3.00. The van der Waals surface area contributed by atoms with Crippen LogP contribution in [-0.4, -0.2) is 23.3 Å². The van der Waals surface area contributed by atoms with Gasteiger partial charge in [0.2, 0.25) is 0 Å². The van der Waals surface area contributed by atoms with Crippen LogP contribution in [-0.2, 0) is 6.54 Å². The average Bonchev–Trinajstić information content (AvgIpc) is 2.89. The molecule has 2 rings (SSSR count). The van der Waals surface area contributed by atoms with Crippen molar-refractivity contribution in [2.24, 2.45) is 0 Å². The number of methoxy groups -OCH3 is 1. The molecular weight excluding hydrogens is 230 g/mol. The molecule has 0 saturated heterocycles. The van der Waals surface area contributed by atoms with Crippen molar-refractivity contribution < 1.29 is 4.74 Å². The molecule has 18 heavy (non-hydrogen) atoms. The van der Waals surface area contributed by atoms with Crippen molar-refractivity contribution in [3.63, 3.8) is 0 Å². The maximum absolute atomic E-state index is 7.72. The largest absolute Gasteiger partial charge is 0.496 e. The molecule has 0 fully saturated rings. The molecular formula is C12H15N5O. The monoisotopic (exact) mass is 245 g/mol. The molecule has 6 heteroatoms. The van der Waals surface area contributed by atoms with E-state index >= 15 is 0 Å². The summed E-state index contributed by atoms with van der Waals surface area (Å²) in [5, 5.41) is 20.1. The molecule has 94 valence electrons. The van der Waals surface area contributed by atoms with Gasteiger partial charge in [-0.3, -0.25) is 10.5 Å². The molecule has 0 amide bonds. The second kappa shape index (κ2) is 5.72. The fourth-order valence-electron chi connectivity index (χ4n) is 1.53. The van der Waals surface area contributed by atoms with Crippen molar-refractivity contribution >= 4 is 11.8 Å². The number of hydrogen-bond acceptors (Lipinski definition) is 3. The highest BCUT2D eigenvalue weighted by Gasteiger charge is 2.03. The normalized spacial score (nSPS) is 9.83. The molecule has 1 heterocycles. The zero-order valence-corrected chi connectivity index (χ0v) is 10.0. The smallest absolute Gasteiger partial charge is 0.194 e. The van der Waals surface area contributed by atoms with Gasteiger partial charge in [0.1, 0.15) is 5.75 Å². The van der Waals surface area contributed by atoms with E-state index < -0.39 is 0 Å². The summed E-state index contributed by atoms with van der Waals surface area (Å²) >= 11 is 0. The average molecular weight is 245 g/mol. The number of guanidine groups is 1. The van der Waals surface area contributed by atoms with Crippen LogP contribution >= 0.6 is 0 Å². The van der Waals surface area contributed by atoms with E-state index in [4.69, 9.17) is 10.1 Å². The van der Waals surface area contributed by atoms with Crippen LogP contribution in [0.5, 0.6) is 5.75 Å². The van der Waals surface area contributed by atoms with Gasteiger partial charge in [0, 0.05) is 24.4 Å². The second-order valence-corrected chi connectivity index (χ2v) is 3.62. The predicted octanol–water partition coefficient (Wildman–Crippen LogP) is 1.55. The van der Waals surface area contributed by atoms with E-state index in [1.807, 2.05) is 24.3 Å². The number of aromatic nitrogens is 2. The Kier molecular flexibility index (Phi) is 3.80. The van der Waals surface area contributed by atoms with E-state index in [0.29, 0.717) is 12.4 Å². The number of anilines is 1. The zero-order valence-electron chi connectivity index (χ0n) is 10.0. The summed E-state index contributed by atoms with van der Waals surface area (Å²) in [6, 6.07) is 9.44. The standard InChI is InChI=1S/C12H15N5O/c1-18-10-5-3-2-4-9(10)8-14-12(13)16-11-6-7-15-17-11/h2-7H,8H2,1H3,(H4,13,14,15,16,17). The molecule has 6 nitrogen and oxygen atoms in total. The molecule has 0 atom stereocenters. The minimum absolute atomic E-state index is 0.188. The Morgan fingerprint density at radius 2 is 2.22 bits per heavy atom. The first-order valence-electron chi connectivity index (χ1n) is 5.50. The minimum atomic E-state index is 0.188. The molecule has 4 N–H and O–H groups in total. The molecule has 0 unspecified atom stereocenters. The van der Waals surface area contributed by atoms with Gasteiger partial charge in [-0.05, 0) is 6.07 Å². The van der Waals surface area contributed by atoms with Gasteiger partial charge in [0.25, 0.3) is 0 Å². The Bertz CT molecular complexity index is 509. The Labute approximate surface area is 105 Å². The molecule has 0 aliphatic carbocycles. The van der Waals surface area contributed by atoms with Gasteiger partial charge in [-0.2, -0.15) is 5.10 Å². The lowest BCUT2D eigenvalue weighted by Crippen LogP contribution is -2.29. The third-order valence-corrected chi connectivity index (χ3v) is 2.40. The summed E-state index contributed by atoms with van der Waals surface area (Å²) in [6.45, 7) is 0.514. The lowest BCUT2D eigenvalue weighted by molar-refractivity contribution is 0.409. The van der Waals surface area contributed by atoms with Crippen molar-refractivity contribution in [1.29, 1.82) is 5.41 Å². The van der Waals surface area contributed by atoms with Crippen LogP contribution in [0, 0.1) is 5.41 Å². The number of para-hydroxylation sites is 1. The summed E-state index contributed by atoms with van der Waals surface area (Å²) in [5.74, 6) is 1.60. The van der Waals surface area contributed by atoms with Gasteiger partial charge < -0.3 is 15.4 Å². The van der Waals surface area contributed by atoms with Gasteiger partial charge in [-0.1, -0.05) is 18.2 Å². The van der Waals surface area contributed by atoms with Gasteiger partial charge in [-0.15, -0.1) is 0 Å². The maximum Gasteiger partial charge on any atom is 0.194 e. The Morgan fingerprint density at radius 3 is 2.94 bits per heavy atom. The lowest BCUT2D eigenvalue weighted by Gasteiger charge is -2.11. The van der Waals surface area contributed by atoms with Gasteiger partial charge in [0.15, 0.2) is 11.8 Å². The van der Waals surface area contributed by atoms with E-state index in [0.717, 1.165) is 11.3 Å². The van der Waals surface area contributed by atoms with Crippen molar-refractivity contribution in [3.8, 4) is 5.75 Å². The highest BCUT2D eigenvalue weighted by atomic mass is 16.5. The van der Waals surface area contributed by atoms with Gasteiger partial charge >= 0.3 is 0 Å². The number of rotatable bonds is 4. The Morgan fingerprint density at radius 1 is 1.39 bits per heavy atom. The van der Waals surface area contributed by atoms with Crippen molar-refractivity contribution in [2.75, 3.05) is 12.4 Å². The van der Waals surface area contributed by atoms with Crippen molar-refractivity contribution in [3.05, 3.63) is 42.1 Å². The molecule has 0 bridgehead atoms. The first-order chi connectivity index (χ1) is 8.79. The van der Waals surface area contributed by atoms with E-state index in [2.05, 4.69) is 20.8 Å². The summed E-state index contributed by atoms with van der Waals surface area (Å²) < 4.78 is 5.24. The van der Waals surface area contributed by atoms with Crippen LogP contribution in [0.2, 0.25) is 0 Å². The van der Waals surface area contributed by atoms with Crippen molar-refractivity contribution in [2.45, 2.75) is 6.54 Å². The number of ether oxygens (including phenoxy) is 1. The molecule has 2 aromatic rings. The second-order valence-electron chi connectivity index (χ2n) is 3.62. The quantitative estimate of drug-likeness (QED) is 0.486. The number of nitrogens with one attached hydrogen (secondary N) is 4. The predicted molar refractivity (Wildman–Crippen MR) is 69.8 cm³/mol. The lowest BCUT2D eigenvalue weighted by atomic mass is 10.2. The van der Waals surface area contributed by atoms with Crippen LogP contribution in [0.4, 0.5) is 5.82 Å². The van der Waals surface area contributed by atoms with E-state index in [-0.39, 0.29) is 5.96 Å². The maximum atomic E-state index is 7.72. The van der Waals surface area contributed by atoms with Crippen LogP contribution in [0.25, 0.3) is 0 Å². The summed E-state index contributed by atoms with van der Waals surface area (Å²) in [6.07, 6.45) is 1.69. The number of H-pyrrole nitrogens is 1. The zero-order chi connectivity index (χ0) is 12.8. The first kappa shape index (κ1) is 12.0. The summed E-state index contributed by atoms with van der Waals surface area (Å²) in [5.41, 5.74) is 0.994. The topological polar surface area (TPSA) is 85.8 Å². The summed E-state index contributed by atoms with van der Waals surface area (Å²) in [4.78, 5) is 0.